The van der Waals surface area contributed by atoms with E-state index in [1.807, 2.05) is 13.0 Å². The highest BCUT2D eigenvalue weighted by Gasteiger charge is 2.28. The first-order valence-electron chi connectivity index (χ1n) is 9.30. The molecule has 7 heteroatoms. The van der Waals surface area contributed by atoms with Crippen LogP contribution >= 0.6 is 11.3 Å². The number of nitrogens with one attached hydrogen (secondary N) is 2. The number of rotatable bonds is 4. The molecule has 3 heterocycles. The minimum Gasteiger partial charge on any atom is -0.339 e. The van der Waals surface area contributed by atoms with Crippen molar-refractivity contribution in [1.82, 2.24) is 9.97 Å². The van der Waals surface area contributed by atoms with Gasteiger partial charge >= 0.3 is 0 Å². The van der Waals surface area contributed by atoms with Gasteiger partial charge in [0, 0.05) is 29.1 Å². The largest absolute Gasteiger partial charge is 0.339 e. The molecule has 1 amide bonds. The van der Waals surface area contributed by atoms with Crippen molar-refractivity contribution >= 4 is 34.0 Å². The SMILES string of the molecule is CC(N)[C@H]1CC[C@H](C(=O)Nc2ccnc3[nH]c(-c4ccsc4F)cc23)CC1. The predicted molar refractivity (Wildman–Crippen MR) is 107 cm³/mol. The Morgan fingerprint density at radius 1 is 1.37 bits per heavy atom. The number of carbonyl (C=O) groups is 1. The van der Waals surface area contributed by atoms with Gasteiger partial charge in [-0.2, -0.15) is 4.39 Å². The van der Waals surface area contributed by atoms with E-state index < -0.39 is 0 Å². The summed E-state index contributed by atoms with van der Waals surface area (Å²) >= 11 is 1.06. The van der Waals surface area contributed by atoms with E-state index >= 15 is 0 Å². The lowest BCUT2D eigenvalue weighted by atomic mass is 9.79. The van der Waals surface area contributed by atoms with Crippen molar-refractivity contribution in [3.63, 3.8) is 0 Å². The number of hydrogen-bond donors (Lipinski definition) is 3. The minimum atomic E-state index is -0.238. The highest BCUT2D eigenvalue weighted by Crippen LogP contribution is 2.33. The maximum atomic E-state index is 13.9. The number of thiophene rings is 1. The summed E-state index contributed by atoms with van der Waals surface area (Å²) in [6.45, 7) is 2.04. The number of nitrogens with two attached hydrogens (primary N) is 1. The third-order valence-electron chi connectivity index (χ3n) is 5.58. The summed E-state index contributed by atoms with van der Waals surface area (Å²) in [7, 11) is 0. The molecule has 1 fully saturated rings. The van der Waals surface area contributed by atoms with Gasteiger partial charge in [-0.3, -0.25) is 4.79 Å². The predicted octanol–water partition coefficient (Wildman–Crippen LogP) is 4.52. The lowest BCUT2D eigenvalue weighted by molar-refractivity contribution is -0.121. The molecule has 0 spiro atoms. The molecular formula is C20H23FN4OS. The normalized spacial score (nSPS) is 21.3. The topological polar surface area (TPSA) is 83.8 Å². The molecule has 0 radical (unpaired) electrons. The first-order valence-corrected chi connectivity index (χ1v) is 10.2. The van der Waals surface area contributed by atoms with Gasteiger partial charge in [-0.1, -0.05) is 0 Å². The van der Waals surface area contributed by atoms with E-state index in [0.717, 1.165) is 42.4 Å². The van der Waals surface area contributed by atoms with E-state index in [9.17, 15) is 9.18 Å². The molecule has 142 valence electrons. The number of nitrogens with zero attached hydrogens (tertiary/aromatic N) is 1. The second-order valence-electron chi connectivity index (χ2n) is 7.37. The molecule has 0 aromatic carbocycles. The lowest BCUT2D eigenvalue weighted by Gasteiger charge is -2.30. The summed E-state index contributed by atoms with van der Waals surface area (Å²) in [6, 6.07) is 5.55. The zero-order valence-corrected chi connectivity index (χ0v) is 16.0. The van der Waals surface area contributed by atoms with Gasteiger partial charge in [-0.05, 0) is 62.1 Å². The van der Waals surface area contributed by atoms with Crippen LogP contribution in [0, 0.1) is 17.0 Å². The maximum absolute atomic E-state index is 13.9. The molecule has 27 heavy (non-hydrogen) atoms. The average Bonchev–Trinajstić information content (AvgIpc) is 3.28. The van der Waals surface area contributed by atoms with E-state index in [4.69, 9.17) is 5.73 Å². The molecular weight excluding hydrogens is 363 g/mol. The van der Waals surface area contributed by atoms with E-state index in [1.54, 1.807) is 23.7 Å². The minimum absolute atomic E-state index is 0.0101. The Kier molecular flexibility index (Phi) is 4.97. The maximum Gasteiger partial charge on any atom is 0.227 e. The van der Waals surface area contributed by atoms with Gasteiger partial charge in [0.25, 0.3) is 0 Å². The zero-order chi connectivity index (χ0) is 19.0. The van der Waals surface area contributed by atoms with E-state index in [2.05, 4.69) is 15.3 Å². The molecule has 3 aromatic rings. The van der Waals surface area contributed by atoms with Gasteiger partial charge in [0.1, 0.15) is 5.65 Å². The van der Waals surface area contributed by atoms with Crippen molar-refractivity contribution < 1.29 is 9.18 Å². The van der Waals surface area contributed by atoms with Crippen molar-refractivity contribution in [2.45, 2.75) is 38.6 Å². The first-order chi connectivity index (χ1) is 13.0. The van der Waals surface area contributed by atoms with Crippen molar-refractivity contribution in [3.8, 4) is 11.3 Å². The molecule has 1 unspecified atom stereocenters. The number of H-pyrrole nitrogens is 1. The van der Waals surface area contributed by atoms with Crippen molar-refractivity contribution in [2.75, 3.05) is 5.32 Å². The van der Waals surface area contributed by atoms with Gasteiger partial charge in [0.2, 0.25) is 5.91 Å². The number of fused-ring (bicyclic) bond motifs is 1. The Balaban J connectivity index is 1.53. The van der Waals surface area contributed by atoms with Crippen LogP contribution in [0.4, 0.5) is 10.1 Å². The van der Waals surface area contributed by atoms with Gasteiger partial charge in [-0.15, -0.1) is 11.3 Å². The zero-order valence-electron chi connectivity index (χ0n) is 15.2. The van der Waals surface area contributed by atoms with Gasteiger partial charge in [-0.25, -0.2) is 4.98 Å². The van der Waals surface area contributed by atoms with Crippen molar-refractivity contribution in [1.29, 1.82) is 0 Å². The highest BCUT2D eigenvalue weighted by molar-refractivity contribution is 7.08. The molecule has 5 nitrogen and oxygen atoms in total. The molecule has 1 aliphatic rings. The number of amides is 1. The summed E-state index contributed by atoms with van der Waals surface area (Å²) < 4.78 is 13.9. The number of aromatic nitrogens is 2. The van der Waals surface area contributed by atoms with E-state index in [1.165, 1.54) is 0 Å². The molecule has 1 atom stereocenters. The second-order valence-corrected chi connectivity index (χ2v) is 8.24. The van der Waals surface area contributed by atoms with Crippen LogP contribution in [0.5, 0.6) is 0 Å². The van der Waals surface area contributed by atoms with E-state index in [-0.39, 0.29) is 23.0 Å². The number of carbonyl (C=O) groups excluding carboxylic acids is 1. The summed E-state index contributed by atoms with van der Waals surface area (Å²) in [5, 5.41) is 5.31. The summed E-state index contributed by atoms with van der Waals surface area (Å²) in [5.41, 5.74) is 8.51. The van der Waals surface area contributed by atoms with Crippen molar-refractivity contribution in [3.05, 3.63) is 34.9 Å². The van der Waals surface area contributed by atoms with Crippen LogP contribution in [-0.4, -0.2) is 21.9 Å². The highest BCUT2D eigenvalue weighted by atomic mass is 32.1. The Hall–Kier alpha value is -2.25. The molecule has 0 aliphatic heterocycles. The smallest absolute Gasteiger partial charge is 0.227 e. The monoisotopic (exact) mass is 386 g/mol. The fourth-order valence-electron chi connectivity index (χ4n) is 3.91. The fourth-order valence-corrected chi connectivity index (χ4v) is 4.54. The van der Waals surface area contributed by atoms with Gasteiger partial charge < -0.3 is 16.0 Å². The fraction of sp³-hybridized carbons (Fsp3) is 0.400. The number of anilines is 1. The summed E-state index contributed by atoms with van der Waals surface area (Å²) in [6.07, 6.45) is 5.37. The van der Waals surface area contributed by atoms with Crippen LogP contribution in [0.3, 0.4) is 0 Å². The van der Waals surface area contributed by atoms with Crippen molar-refractivity contribution in [2.24, 2.45) is 17.6 Å². The van der Waals surface area contributed by atoms with Crippen LogP contribution in [0.15, 0.2) is 29.8 Å². The molecule has 4 N–H and O–H groups in total. The van der Waals surface area contributed by atoms with Crippen LogP contribution in [0.1, 0.15) is 32.6 Å². The van der Waals surface area contributed by atoms with Crippen LogP contribution in [0.2, 0.25) is 0 Å². The van der Waals surface area contributed by atoms with E-state index in [0.29, 0.717) is 28.5 Å². The summed E-state index contributed by atoms with van der Waals surface area (Å²) in [4.78, 5) is 20.2. The number of aromatic amines is 1. The Labute approximate surface area is 161 Å². The molecule has 0 bridgehead atoms. The van der Waals surface area contributed by atoms with Crippen LogP contribution in [0.25, 0.3) is 22.3 Å². The Bertz CT molecular complexity index is 956. The molecule has 1 aliphatic carbocycles. The lowest BCUT2D eigenvalue weighted by Crippen LogP contribution is -2.33. The van der Waals surface area contributed by atoms with Gasteiger partial charge in [0.15, 0.2) is 5.13 Å². The third-order valence-corrected chi connectivity index (χ3v) is 6.28. The average molecular weight is 386 g/mol. The standard InChI is InChI=1S/C20H23FN4OS/c1-11(22)12-2-4-13(5-3-12)20(26)25-16-6-8-23-19-15(16)10-17(24-19)14-7-9-27-18(14)21/h6-13H,2-5,22H2,1H3,(H2,23,24,25,26)/t11?,12-,13-. The molecule has 0 saturated heterocycles. The summed E-state index contributed by atoms with van der Waals surface area (Å²) in [5.74, 6) is 0.556. The van der Waals surface area contributed by atoms with Crippen LogP contribution in [-0.2, 0) is 4.79 Å². The third kappa shape index (κ3) is 3.61. The first kappa shape index (κ1) is 18.1. The second kappa shape index (κ2) is 7.40. The molecule has 3 aromatic heterocycles. The number of halogens is 1. The van der Waals surface area contributed by atoms with Crippen LogP contribution < -0.4 is 11.1 Å². The quantitative estimate of drug-likeness (QED) is 0.616. The number of hydrogen-bond acceptors (Lipinski definition) is 4. The van der Waals surface area contributed by atoms with Gasteiger partial charge in [0.05, 0.1) is 11.4 Å². The molecule has 1 saturated carbocycles. The molecule has 4 rings (SSSR count). The number of pyridine rings is 1. The Morgan fingerprint density at radius 3 is 2.81 bits per heavy atom. The Morgan fingerprint density at radius 2 is 2.15 bits per heavy atom.